The third-order valence-corrected chi connectivity index (χ3v) is 4.31. The topological polar surface area (TPSA) is 49.6 Å². The second-order valence-corrected chi connectivity index (χ2v) is 5.80. The number of primary amides is 1. The van der Waals surface area contributed by atoms with Gasteiger partial charge in [0.05, 0.1) is 0 Å². The lowest BCUT2D eigenvalue weighted by molar-refractivity contribution is -0.122. The molecular weight excluding hydrogens is 270 g/mol. The summed E-state index contributed by atoms with van der Waals surface area (Å²) < 4.78 is 0. The van der Waals surface area contributed by atoms with E-state index in [0.717, 1.165) is 42.2 Å². The molecule has 0 aliphatic carbocycles. The van der Waals surface area contributed by atoms with E-state index in [1.807, 2.05) is 14.1 Å². The minimum atomic E-state index is -0.189. The summed E-state index contributed by atoms with van der Waals surface area (Å²) in [5, 5.41) is 0. The number of nitrogens with two attached hydrogens (primary N) is 1. The lowest BCUT2D eigenvalue weighted by atomic mass is 9.96. The molecule has 0 radical (unpaired) electrons. The second-order valence-electron chi connectivity index (χ2n) is 5.41. The van der Waals surface area contributed by atoms with Crippen molar-refractivity contribution in [3.05, 3.63) is 29.8 Å². The van der Waals surface area contributed by atoms with Crippen molar-refractivity contribution in [2.24, 2.45) is 11.7 Å². The van der Waals surface area contributed by atoms with E-state index in [9.17, 15) is 4.79 Å². The molecule has 1 fully saturated rings. The minimum absolute atomic E-state index is 0.00478. The van der Waals surface area contributed by atoms with Gasteiger partial charge < -0.3 is 15.5 Å². The van der Waals surface area contributed by atoms with Crippen LogP contribution in [0.5, 0.6) is 0 Å². The summed E-state index contributed by atoms with van der Waals surface area (Å²) in [4.78, 5) is 16.3. The van der Waals surface area contributed by atoms with Gasteiger partial charge in [0.2, 0.25) is 5.91 Å². The summed E-state index contributed by atoms with van der Waals surface area (Å²) in [6, 6.07) is 8.24. The predicted octanol–water partition coefficient (Wildman–Crippen LogP) is 1.63. The third-order valence-electron chi connectivity index (χ3n) is 3.82. The maximum Gasteiger partial charge on any atom is 0.220 e. The fourth-order valence-corrected chi connectivity index (χ4v) is 2.77. The number of thiocarbonyl (C=S) groups is 1. The lowest BCUT2D eigenvalue weighted by Gasteiger charge is -2.32. The number of benzene rings is 1. The Morgan fingerprint density at radius 1 is 1.25 bits per heavy atom. The van der Waals surface area contributed by atoms with Gasteiger partial charge in [-0.25, -0.2) is 0 Å². The Labute approximate surface area is 125 Å². The molecule has 4 nitrogen and oxygen atoms in total. The van der Waals surface area contributed by atoms with Crippen molar-refractivity contribution in [1.82, 2.24) is 4.90 Å². The van der Waals surface area contributed by atoms with Crippen molar-refractivity contribution >= 4 is 28.8 Å². The van der Waals surface area contributed by atoms with Gasteiger partial charge >= 0.3 is 0 Å². The highest BCUT2D eigenvalue weighted by atomic mass is 32.1. The zero-order valence-corrected chi connectivity index (χ0v) is 12.8. The van der Waals surface area contributed by atoms with Crippen LogP contribution in [-0.2, 0) is 4.79 Å². The molecule has 5 heteroatoms. The molecule has 0 aromatic heterocycles. The molecule has 1 aromatic carbocycles. The zero-order chi connectivity index (χ0) is 14.7. The number of carbonyl (C=O) groups is 1. The molecule has 1 aliphatic heterocycles. The molecule has 0 atom stereocenters. The van der Waals surface area contributed by atoms with Crippen LogP contribution in [0.1, 0.15) is 18.4 Å². The molecule has 0 bridgehead atoms. The van der Waals surface area contributed by atoms with Crippen molar-refractivity contribution in [2.45, 2.75) is 12.8 Å². The highest BCUT2D eigenvalue weighted by Crippen LogP contribution is 2.20. The van der Waals surface area contributed by atoms with Gasteiger partial charge in [0.15, 0.2) is 0 Å². The van der Waals surface area contributed by atoms with Gasteiger partial charge in [-0.2, -0.15) is 0 Å². The SMILES string of the molecule is CN(C)c1ccc(C(=S)N2CCC(C(N)=O)CC2)cc1. The van der Waals surface area contributed by atoms with Crippen molar-refractivity contribution in [3.63, 3.8) is 0 Å². The van der Waals surface area contributed by atoms with E-state index in [1.54, 1.807) is 0 Å². The van der Waals surface area contributed by atoms with Crippen LogP contribution in [0.25, 0.3) is 0 Å². The number of piperidine rings is 1. The van der Waals surface area contributed by atoms with Gasteiger partial charge in [-0.1, -0.05) is 12.2 Å². The van der Waals surface area contributed by atoms with Crippen molar-refractivity contribution in [2.75, 3.05) is 32.1 Å². The highest BCUT2D eigenvalue weighted by Gasteiger charge is 2.24. The summed E-state index contributed by atoms with van der Waals surface area (Å²) in [5.41, 5.74) is 7.56. The first kappa shape index (κ1) is 14.8. The molecule has 108 valence electrons. The van der Waals surface area contributed by atoms with Crippen LogP contribution in [0, 0.1) is 5.92 Å². The summed E-state index contributed by atoms with van der Waals surface area (Å²) in [7, 11) is 4.03. The van der Waals surface area contributed by atoms with E-state index in [2.05, 4.69) is 34.1 Å². The molecule has 0 unspecified atom stereocenters. The number of carbonyl (C=O) groups excluding carboxylic acids is 1. The van der Waals surface area contributed by atoms with E-state index in [-0.39, 0.29) is 11.8 Å². The van der Waals surface area contributed by atoms with Gasteiger partial charge in [0.1, 0.15) is 4.99 Å². The average Bonchev–Trinajstić information content (AvgIpc) is 2.46. The quantitative estimate of drug-likeness (QED) is 0.860. The Morgan fingerprint density at radius 2 is 1.80 bits per heavy atom. The van der Waals surface area contributed by atoms with Crippen LogP contribution in [0.3, 0.4) is 0 Å². The lowest BCUT2D eigenvalue weighted by Crippen LogP contribution is -2.41. The molecular formula is C15H21N3OS. The summed E-state index contributed by atoms with van der Waals surface area (Å²) >= 11 is 5.55. The van der Waals surface area contributed by atoms with E-state index >= 15 is 0 Å². The Kier molecular flexibility index (Phi) is 4.60. The largest absolute Gasteiger partial charge is 0.378 e. The standard InChI is InChI=1S/C15H21N3OS/c1-17(2)13-5-3-12(4-6-13)15(20)18-9-7-11(8-10-18)14(16)19/h3-6,11H,7-10H2,1-2H3,(H2,16,19). The smallest absolute Gasteiger partial charge is 0.220 e. The zero-order valence-electron chi connectivity index (χ0n) is 12.0. The number of nitrogens with zero attached hydrogens (tertiary/aromatic N) is 2. The van der Waals surface area contributed by atoms with Gasteiger partial charge in [0, 0.05) is 44.4 Å². The summed E-state index contributed by atoms with van der Waals surface area (Å²) in [6.45, 7) is 1.61. The van der Waals surface area contributed by atoms with E-state index in [0.29, 0.717) is 0 Å². The summed E-state index contributed by atoms with van der Waals surface area (Å²) in [5.74, 6) is -0.184. The van der Waals surface area contributed by atoms with E-state index in [1.165, 1.54) is 0 Å². The van der Waals surface area contributed by atoms with E-state index in [4.69, 9.17) is 18.0 Å². The first-order valence-corrected chi connectivity index (χ1v) is 7.26. The second kappa shape index (κ2) is 6.22. The van der Waals surface area contributed by atoms with Crippen LogP contribution in [0.4, 0.5) is 5.69 Å². The number of hydrogen-bond acceptors (Lipinski definition) is 3. The van der Waals surface area contributed by atoms with E-state index < -0.39 is 0 Å². The number of amides is 1. The van der Waals surface area contributed by atoms with Crippen LogP contribution in [-0.4, -0.2) is 43.0 Å². The van der Waals surface area contributed by atoms with Crippen LogP contribution >= 0.6 is 12.2 Å². The maximum atomic E-state index is 11.2. The summed E-state index contributed by atoms with van der Waals surface area (Å²) in [6.07, 6.45) is 1.59. The highest BCUT2D eigenvalue weighted by molar-refractivity contribution is 7.80. The first-order chi connectivity index (χ1) is 9.49. The van der Waals surface area contributed by atoms with Crippen molar-refractivity contribution < 1.29 is 4.79 Å². The van der Waals surface area contributed by atoms with Crippen LogP contribution in [0.2, 0.25) is 0 Å². The van der Waals surface area contributed by atoms with Gasteiger partial charge in [0.25, 0.3) is 0 Å². The van der Waals surface area contributed by atoms with Gasteiger partial charge in [-0.15, -0.1) is 0 Å². The first-order valence-electron chi connectivity index (χ1n) is 6.85. The maximum absolute atomic E-state index is 11.2. The predicted molar refractivity (Wildman–Crippen MR) is 86.0 cm³/mol. The number of hydrogen-bond donors (Lipinski definition) is 1. The molecule has 2 rings (SSSR count). The Morgan fingerprint density at radius 3 is 2.25 bits per heavy atom. The molecule has 20 heavy (non-hydrogen) atoms. The normalized spacial score (nSPS) is 16.0. The van der Waals surface area contributed by atoms with Crippen molar-refractivity contribution in [3.8, 4) is 0 Å². The Bertz CT molecular complexity index is 490. The Balaban J connectivity index is 2.00. The molecule has 0 spiro atoms. The molecule has 1 aromatic rings. The van der Waals surface area contributed by atoms with Crippen molar-refractivity contribution in [1.29, 1.82) is 0 Å². The molecule has 1 heterocycles. The average molecular weight is 291 g/mol. The molecule has 0 saturated carbocycles. The number of likely N-dealkylation sites (tertiary alicyclic amines) is 1. The van der Waals surface area contributed by atoms with Gasteiger partial charge in [-0.3, -0.25) is 4.79 Å². The van der Waals surface area contributed by atoms with Crippen LogP contribution in [0.15, 0.2) is 24.3 Å². The molecule has 1 aliphatic rings. The molecule has 1 amide bonds. The minimum Gasteiger partial charge on any atom is -0.378 e. The Hall–Kier alpha value is -1.62. The fourth-order valence-electron chi connectivity index (χ4n) is 2.45. The molecule has 2 N–H and O–H groups in total. The molecule has 1 saturated heterocycles. The van der Waals surface area contributed by atoms with Gasteiger partial charge in [-0.05, 0) is 37.1 Å². The van der Waals surface area contributed by atoms with Crippen LogP contribution < -0.4 is 10.6 Å². The number of anilines is 1. The third kappa shape index (κ3) is 3.28. The number of rotatable bonds is 3. The fraction of sp³-hybridized carbons (Fsp3) is 0.467. The monoisotopic (exact) mass is 291 g/mol.